The van der Waals surface area contributed by atoms with Gasteiger partial charge in [-0.1, -0.05) is 31.5 Å². The Morgan fingerprint density at radius 2 is 1.88 bits per heavy atom. The molecule has 0 saturated carbocycles. The van der Waals surface area contributed by atoms with E-state index in [1.54, 1.807) is 26.8 Å². The summed E-state index contributed by atoms with van der Waals surface area (Å²) in [7, 11) is -3.97. The first-order valence-corrected chi connectivity index (χ1v) is 9.70. The van der Waals surface area contributed by atoms with Gasteiger partial charge in [-0.15, -0.1) is 0 Å². The number of carbonyl (C=O) groups excluding carboxylic acids is 2. The van der Waals surface area contributed by atoms with Gasteiger partial charge in [0.05, 0.1) is 4.90 Å². The first-order chi connectivity index (χ1) is 11.6. The van der Waals surface area contributed by atoms with E-state index in [0.29, 0.717) is 6.54 Å². The average Bonchev–Trinajstić information content (AvgIpc) is 2.52. The lowest BCUT2D eigenvalue weighted by atomic mass is 10.1. The van der Waals surface area contributed by atoms with Crippen LogP contribution in [0.15, 0.2) is 29.2 Å². The van der Waals surface area contributed by atoms with E-state index in [2.05, 4.69) is 10.0 Å². The number of hydrogen-bond donors (Lipinski definition) is 2. The van der Waals surface area contributed by atoms with Gasteiger partial charge in [-0.2, -0.15) is 4.72 Å². The standard InChI is InChI=1S/C16H23ClN2O5S/c1-5-18-15(20)11(4)24-16(21)14(10(2)3)19-25(22,23)13-8-6-7-12(17)9-13/h6-11,14,19H,5H2,1-4H3,(H,18,20)/t11-,14+/m1/s1. The molecular formula is C16H23ClN2O5S. The molecule has 1 rings (SSSR count). The highest BCUT2D eigenvalue weighted by Gasteiger charge is 2.31. The molecule has 7 nitrogen and oxygen atoms in total. The molecule has 1 aromatic carbocycles. The van der Waals surface area contributed by atoms with E-state index < -0.39 is 34.0 Å². The van der Waals surface area contributed by atoms with E-state index in [9.17, 15) is 18.0 Å². The van der Waals surface area contributed by atoms with Gasteiger partial charge >= 0.3 is 5.97 Å². The number of nitrogens with one attached hydrogen (secondary N) is 2. The SMILES string of the molecule is CCNC(=O)[C@@H](C)OC(=O)[C@@H](NS(=O)(=O)c1cccc(Cl)c1)C(C)C. The maximum absolute atomic E-state index is 12.5. The van der Waals surface area contributed by atoms with Crippen molar-refractivity contribution in [3.8, 4) is 0 Å². The molecule has 25 heavy (non-hydrogen) atoms. The minimum atomic E-state index is -3.97. The molecule has 0 radical (unpaired) electrons. The molecule has 0 aromatic heterocycles. The van der Waals surface area contributed by atoms with Gasteiger partial charge in [0.25, 0.3) is 5.91 Å². The normalized spacial score (nSPS) is 14.0. The molecule has 0 saturated heterocycles. The van der Waals surface area contributed by atoms with Crippen molar-refractivity contribution in [3.05, 3.63) is 29.3 Å². The fourth-order valence-corrected chi connectivity index (χ4v) is 3.58. The minimum Gasteiger partial charge on any atom is -0.451 e. The quantitative estimate of drug-likeness (QED) is 0.658. The number of sulfonamides is 1. The summed E-state index contributed by atoms with van der Waals surface area (Å²) in [4.78, 5) is 23.9. The Bertz CT molecular complexity index is 721. The average molecular weight is 391 g/mol. The first-order valence-electron chi connectivity index (χ1n) is 7.84. The topological polar surface area (TPSA) is 102 Å². The summed E-state index contributed by atoms with van der Waals surface area (Å²) in [5.74, 6) is -1.65. The van der Waals surface area contributed by atoms with Crippen molar-refractivity contribution < 1.29 is 22.7 Å². The van der Waals surface area contributed by atoms with Crippen LogP contribution in [-0.2, 0) is 24.3 Å². The van der Waals surface area contributed by atoms with Crippen molar-refractivity contribution in [1.29, 1.82) is 0 Å². The summed E-state index contributed by atoms with van der Waals surface area (Å²) in [5.41, 5.74) is 0. The smallest absolute Gasteiger partial charge is 0.325 e. The number of benzene rings is 1. The highest BCUT2D eigenvalue weighted by Crippen LogP contribution is 2.17. The third kappa shape index (κ3) is 6.30. The van der Waals surface area contributed by atoms with Crippen LogP contribution in [0.2, 0.25) is 5.02 Å². The zero-order valence-corrected chi connectivity index (χ0v) is 16.1. The minimum absolute atomic E-state index is 0.0600. The zero-order chi connectivity index (χ0) is 19.2. The molecule has 1 aromatic rings. The monoisotopic (exact) mass is 390 g/mol. The maximum Gasteiger partial charge on any atom is 0.325 e. The van der Waals surface area contributed by atoms with Gasteiger partial charge in [0.15, 0.2) is 6.10 Å². The molecular weight excluding hydrogens is 368 g/mol. The Morgan fingerprint density at radius 1 is 1.24 bits per heavy atom. The fourth-order valence-electron chi connectivity index (χ4n) is 1.94. The van der Waals surface area contributed by atoms with E-state index in [-0.39, 0.29) is 15.8 Å². The highest BCUT2D eigenvalue weighted by atomic mass is 35.5. The van der Waals surface area contributed by atoms with Gasteiger partial charge in [0, 0.05) is 11.6 Å². The predicted molar refractivity (Wildman–Crippen MR) is 94.6 cm³/mol. The molecule has 2 atom stereocenters. The van der Waals surface area contributed by atoms with Crippen molar-refractivity contribution >= 4 is 33.5 Å². The molecule has 0 aliphatic heterocycles. The van der Waals surface area contributed by atoms with Crippen LogP contribution in [0.5, 0.6) is 0 Å². The molecule has 9 heteroatoms. The molecule has 0 aliphatic carbocycles. The van der Waals surface area contributed by atoms with Crippen LogP contribution in [0.3, 0.4) is 0 Å². The number of hydrogen-bond acceptors (Lipinski definition) is 5. The van der Waals surface area contributed by atoms with Crippen LogP contribution in [0, 0.1) is 5.92 Å². The second-order valence-electron chi connectivity index (χ2n) is 5.77. The Hall–Kier alpha value is -1.64. The summed E-state index contributed by atoms with van der Waals surface area (Å²) in [5, 5.41) is 2.79. The molecule has 0 fully saturated rings. The number of ether oxygens (including phenoxy) is 1. The number of carbonyl (C=O) groups is 2. The molecule has 2 N–H and O–H groups in total. The highest BCUT2D eigenvalue weighted by molar-refractivity contribution is 7.89. The van der Waals surface area contributed by atoms with Gasteiger partial charge < -0.3 is 10.1 Å². The van der Waals surface area contributed by atoms with Crippen molar-refractivity contribution in [3.63, 3.8) is 0 Å². The van der Waals surface area contributed by atoms with Crippen molar-refractivity contribution in [2.75, 3.05) is 6.54 Å². The van der Waals surface area contributed by atoms with Crippen LogP contribution >= 0.6 is 11.6 Å². The van der Waals surface area contributed by atoms with Gasteiger partial charge in [0.1, 0.15) is 6.04 Å². The molecule has 0 bridgehead atoms. The predicted octanol–water partition coefficient (Wildman–Crippen LogP) is 1.71. The molecule has 1 amide bonds. The first kappa shape index (κ1) is 21.4. The number of esters is 1. The van der Waals surface area contributed by atoms with Gasteiger partial charge in [-0.3, -0.25) is 9.59 Å². The third-order valence-electron chi connectivity index (χ3n) is 3.32. The number of likely N-dealkylation sites (N-methyl/N-ethyl adjacent to an activating group) is 1. The molecule has 0 unspecified atom stereocenters. The van der Waals surface area contributed by atoms with Gasteiger partial charge in [-0.25, -0.2) is 8.42 Å². The Labute approximate surface area is 153 Å². The summed E-state index contributed by atoms with van der Waals surface area (Å²) in [6.07, 6.45) is -1.02. The second-order valence-corrected chi connectivity index (χ2v) is 7.92. The van der Waals surface area contributed by atoms with Gasteiger partial charge in [0.2, 0.25) is 10.0 Å². The molecule has 0 heterocycles. The van der Waals surface area contributed by atoms with Crippen LogP contribution in [0.4, 0.5) is 0 Å². The van der Waals surface area contributed by atoms with E-state index in [4.69, 9.17) is 16.3 Å². The lowest BCUT2D eigenvalue weighted by Crippen LogP contribution is -2.47. The fraction of sp³-hybridized carbons (Fsp3) is 0.500. The van der Waals surface area contributed by atoms with Crippen molar-refractivity contribution in [2.24, 2.45) is 5.92 Å². The third-order valence-corrected chi connectivity index (χ3v) is 5.00. The Balaban J connectivity index is 2.93. The summed E-state index contributed by atoms with van der Waals surface area (Å²) in [6, 6.07) is 4.55. The van der Waals surface area contributed by atoms with Crippen LogP contribution in [0.25, 0.3) is 0 Å². The number of amides is 1. The molecule has 0 aliphatic rings. The van der Waals surface area contributed by atoms with Crippen LogP contribution < -0.4 is 10.0 Å². The number of halogens is 1. The lowest BCUT2D eigenvalue weighted by Gasteiger charge is -2.22. The van der Waals surface area contributed by atoms with E-state index in [1.165, 1.54) is 25.1 Å². The second kappa shape index (κ2) is 9.17. The summed E-state index contributed by atoms with van der Waals surface area (Å²) >= 11 is 5.82. The van der Waals surface area contributed by atoms with Crippen molar-refractivity contribution in [2.45, 2.75) is 44.7 Å². The lowest BCUT2D eigenvalue weighted by molar-refractivity contribution is -0.157. The van der Waals surface area contributed by atoms with Crippen molar-refractivity contribution in [1.82, 2.24) is 10.0 Å². The maximum atomic E-state index is 12.5. The Morgan fingerprint density at radius 3 is 2.40 bits per heavy atom. The largest absolute Gasteiger partial charge is 0.451 e. The summed E-state index contributed by atoms with van der Waals surface area (Å²) in [6.45, 7) is 6.90. The van der Waals surface area contributed by atoms with E-state index >= 15 is 0 Å². The molecule has 140 valence electrons. The zero-order valence-electron chi connectivity index (χ0n) is 14.6. The van der Waals surface area contributed by atoms with E-state index in [0.717, 1.165) is 0 Å². The van der Waals surface area contributed by atoms with Gasteiger partial charge in [-0.05, 0) is 38.0 Å². The van der Waals surface area contributed by atoms with Crippen LogP contribution in [-0.4, -0.2) is 39.0 Å². The molecule has 0 spiro atoms. The van der Waals surface area contributed by atoms with E-state index in [1.807, 2.05) is 0 Å². The summed E-state index contributed by atoms with van der Waals surface area (Å²) < 4.78 is 32.3. The number of rotatable bonds is 8. The Kier molecular flexibility index (Phi) is 7.85. The van der Waals surface area contributed by atoms with Crippen LogP contribution in [0.1, 0.15) is 27.7 Å².